The van der Waals surface area contributed by atoms with Crippen LogP contribution in [0.4, 0.5) is 13.2 Å². The lowest BCUT2D eigenvalue weighted by atomic mass is 9.69. The molecule has 2 fully saturated rings. The van der Waals surface area contributed by atoms with Crippen LogP contribution in [0.3, 0.4) is 0 Å². The average Bonchev–Trinajstić information content (AvgIpc) is 2.66. The third kappa shape index (κ3) is 4.51. The first-order valence-corrected chi connectivity index (χ1v) is 9.84. The van der Waals surface area contributed by atoms with E-state index in [-0.39, 0.29) is 5.75 Å². The van der Waals surface area contributed by atoms with Crippen molar-refractivity contribution in [2.75, 3.05) is 6.61 Å². The van der Waals surface area contributed by atoms with Gasteiger partial charge in [0, 0.05) is 0 Å². The van der Waals surface area contributed by atoms with E-state index in [1.165, 1.54) is 51.0 Å². The molecule has 1 nitrogen and oxygen atoms in total. The van der Waals surface area contributed by atoms with Crippen LogP contribution in [0.2, 0.25) is 0 Å². The van der Waals surface area contributed by atoms with Crippen LogP contribution in [-0.4, -0.2) is 6.61 Å². The third-order valence-corrected chi connectivity index (χ3v) is 6.50. The van der Waals surface area contributed by atoms with Crippen LogP contribution in [0.1, 0.15) is 64.7 Å². The summed E-state index contributed by atoms with van der Waals surface area (Å²) in [5, 5.41) is 0. The lowest BCUT2D eigenvalue weighted by Gasteiger charge is -2.37. The van der Waals surface area contributed by atoms with Crippen molar-refractivity contribution in [2.24, 2.45) is 23.7 Å². The van der Waals surface area contributed by atoms with Crippen LogP contribution in [0.15, 0.2) is 12.1 Å². The number of halogens is 3. The van der Waals surface area contributed by atoms with Crippen molar-refractivity contribution in [3.63, 3.8) is 0 Å². The van der Waals surface area contributed by atoms with Gasteiger partial charge in [0.25, 0.3) is 0 Å². The largest absolute Gasteiger partial charge is 0.490 e. The minimum absolute atomic E-state index is 0.182. The molecule has 1 aromatic rings. The van der Waals surface area contributed by atoms with Crippen molar-refractivity contribution in [3.05, 3.63) is 29.6 Å². The molecule has 0 bridgehead atoms. The van der Waals surface area contributed by atoms with Crippen LogP contribution in [0, 0.1) is 41.1 Å². The highest BCUT2D eigenvalue weighted by Gasteiger charge is 2.30. The van der Waals surface area contributed by atoms with Gasteiger partial charge in [-0.1, -0.05) is 26.2 Å². The number of hydrogen-bond acceptors (Lipinski definition) is 1. The molecule has 0 saturated heterocycles. The zero-order valence-corrected chi connectivity index (χ0v) is 15.1. The summed E-state index contributed by atoms with van der Waals surface area (Å²) in [6.07, 6.45) is 11.5. The van der Waals surface area contributed by atoms with Crippen LogP contribution < -0.4 is 4.74 Å². The van der Waals surface area contributed by atoms with Crippen molar-refractivity contribution in [1.29, 1.82) is 0 Å². The number of benzene rings is 1. The van der Waals surface area contributed by atoms with Gasteiger partial charge in [-0.05, 0) is 74.3 Å². The summed E-state index contributed by atoms with van der Waals surface area (Å²) in [7, 11) is 0. The Morgan fingerprint density at radius 3 is 1.92 bits per heavy atom. The molecule has 1 aromatic carbocycles. The fourth-order valence-electron chi connectivity index (χ4n) is 4.72. The van der Waals surface area contributed by atoms with Crippen molar-refractivity contribution < 1.29 is 17.9 Å². The maximum atomic E-state index is 13.6. The second-order valence-electron chi connectivity index (χ2n) is 7.95. The van der Waals surface area contributed by atoms with E-state index < -0.39 is 17.5 Å². The maximum absolute atomic E-state index is 13.6. The minimum Gasteiger partial charge on any atom is -0.490 e. The summed E-state index contributed by atoms with van der Waals surface area (Å²) in [4.78, 5) is 0. The molecular weight excluding hydrogens is 325 g/mol. The second-order valence-corrected chi connectivity index (χ2v) is 7.95. The molecule has 0 radical (unpaired) electrons. The Balaban J connectivity index is 1.43. The fraction of sp³-hybridized carbons (Fsp3) is 0.714. The van der Waals surface area contributed by atoms with Crippen LogP contribution >= 0.6 is 0 Å². The topological polar surface area (TPSA) is 9.23 Å². The molecule has 0 amide bonds. The van der Waals surface area contributed by atoms with Gasteiger partial charge in [0.2, 0.25) is 5.82 Å². The van der Waals surface area contributed by atoms with Crippen LogP contribution in [0.5, 0.6) is 5.75 Å². The van der Waals surface area contributed by atoms with Gasteiger partial charge in [-0.25, -0.2) is 8.78 Å². The molecule has 2 aliphatic carbocycles. The first-order valence-electron chi connectivity index (χ1n) is 9.84. The molecule has 0 N–H and O–H groups in total. The molecule has 25 heavy (non-hydrogen) atoms. The maximum Gasteiger partial charge on any atom is 0.203 e. The molecule has 4 heteroatoms. The van der Waals surface area contributed by atoms with E-state index in [0.717, 1.165) is 36.7 Å². The third-order valence-electron chi connectivity index (χ3n) is 6.50. The molecular formula is C21H29F3O. The Morgan fingerprint density at radius 1 is 0.800 bits per heavy atom. The van der Waals surface area contributed by atoms with Crippen molar-refractivity contribution >= 4 is 0 Å². The molecule has 140 valence electrons. The number of ether oxygens (including phenoxy) is 1. The van der Waals surface area contributed by atoms with Gasteiger partial charge < -0.3 is 4.74 Å². The first kappa shape index (κ1) is 18.6. The van der Waals surface area contributed by atoms with Gasteiger partial charge >= 0.3 is 0 Å². The fourth-order valence-corrected chi connectivity index (χ4v) is 4.72. The standard InChI is InChI=1S/C21H29F3O/c1-2-14-3-7-16(8-4-14)17-9-5-15(6-10-17)13-25-19-12-11-18(22)20(23)21(19)24/h11-12,14-17H,2-10,13H2,1H3/t14-,15?,16-,17?. The normalized spacial score (nSPS) is 30.2. The molecule has 0 aromatic heterocycles. The van der Waals surface area contributed by atoms with Crippen LogP contribution in [-0.2, 0) is 0 Å². The number of hydrogen-bond donors (Lipinski definition) is 0. The van der Waals surface area contributed by atoms with E-state index in [2.05, 4.69) is 6.92 Å². The SMILES string of the molecule is CC[C@H]1CC[C@H](C2CCC(COc3ccc(F)c(F)c3F)CC2)CC1. The predicted octanol–water partition coefficient (Wildman–Crippen LogP) is 6.51. The van der Waals surface area contributed by atoms with E-state index in [0.29, 0.717) is 12.5 Å². The summed E-state index contributed by atoms with van der Waals surface area (Å²) < 4.78 is 45.3. The molecule has 0 atom stereocenters. The minimum atomic E-state index is -1.45. The highest BCUT2D eigenvalue weighted by Crippen LogP contribution is 2.42. The highest BCUT2D eigenvalue weighted by atomic mass is 19.2. The summed E-state index contributed by atoms with van der Waals surface area (Å²) in [6, 6.07) is 2.09. The van der Waals surface area contributed by atoms with Gasteiger partial charge in [-0.15, -0.1) is 0 Å². The molecule has 3 rings (SSSR count). The highest BCUT2D eigenvalue weighted by molar-refractivity contribution is 5.26. The summed E-state index contributed by atoms with van der Waals surface area (Å²) in [5.41, 5.74) is 0. The molecule has 0 heterocycles. The Kier molecular flexibility index (Phi) is 6.29. The Bertz CT molecular complexity index is 559. The lowest BCUT2D eigenvalue weighted by Crippen LogP contribution is -2.27. The van der Waals surface area contributed by atoms with E-state index in [9.17, 15) is 13.2 Å². The van der Waals surface area contributed by atoms with Crippen molar-refractivity contribution in [1.82, 2.24) is 0 Å². The Labute approximate surface area is 149 Å². The molecule has 0 aliphatic heterocycles. The Morgan fingerprint density at radius 2 is 1.36 bits per heavy atom. The molecule has 2 aliphatic rings. The van der Waals surface area contributed by atoms with Gasteiger partial charge in [-0.2, -0.15) is 4.39 Å². The smallest absolute Gasteiger partial charge is 0.203 e. The summed E-state index contributed by atoms with van der Waals surface area (Å²) >= 11 is 0. The van der Waals surface area contributed by atoms with E-state index >= 15 is 0 Å². The number of rotatable bonds is 5. The molecule has 2 saturated carbocycles. The lowest BCUT2D eigenvalue weighted by molar-refractivity contribution is 0.121. The van der Waals surface area contributed by atoms with Gasteiger partial charge in [0.05, 0.1) is 6.61 Å². The predicted molar refractivity (Wildman–Crippen MR) is 93.0 cm³/mol. The van der Waals surface area contributed by atoms with Crippen molar-refractivity contribution in [3.8, 4) is 5.75 Å². The van der Waals surface area contributed by atoms with E-state index in [1.807, 2.05) is 0 Å². The molecule has 0 unspecified atom stereocenters. The van der Waals surface area contributed by atoms with Gasteiger partial charge in [-0.3, -0.25) is 0 Å². The average molecular weight is 354 g/mol. The van der Waals surface area contributed by atoms with Crippen molar-refractivity contribution in [2.45, 2.75) is 64.7 Å². The zero-order valence-electron chi connectivity index (χ0n) is 15.1. The van der Waals surface area contributed by atoms with Gasteiger partial charge in [0.1, 0.15) is 0 Å². The zero-order chi connectivity index (χ0) is 17.8. The monoisotopic (exact) mass is 354 g/mol. The van der Waals surface area contributed by atoms with Crippen LogP contribution in [0.25, 0.3) is 0 Å². The summed E-state index contributed by atoms with van der Waals surface area (Å²) in [5.74, 6) is -1.00. The first-order chi connectivity index (χ1) is 12.1. The summed E-state index contributed by atoms with van der Waals surface area (Å²) in [6.45, 7) is 2.68. The van der Waals surface area contributed by atoms with E-state index in [4.69, 9.17) is 4.74 Å². The van der Waals surface area contributed by atoms with Gasteiger partial charge in [0.15, 0.2) is 17.4 Å². The quantitative estimate of drug-likeness (QED) is 0.548. The Hall–Kier alpha value is -1.19. The second kappa shape index (κ2) is 8.46. The molecule has 0 spiro atoms. The van der Waals surface area contributed by atoms with E-state index in [1.54, 1.807) is 0 Å².